The summed E-state index contributed by atoms with van der Waals surface area (Å²) in [6.07, 6.45) is 6.62. The Morgan fingerprint density at radius 3 is 2.12 bits per heavy atom. The van der Waals surface area contributed by atoms with Gasteiger partial charge in [-0.3, -0.25) is 4.79 Å². The molecule has 0 spiro atoms. The van der Waals surface area contributed by atoms with Crippen LogP contribution in [0.2, 0.25) is 0 Å². The first-order valence-electron chi connectivity index (χ1n) is 14.0. The topological polar surface area (TPSA) is 59.4 Å². The van der Waals surface area contributed by atoms with Crippen LogP contribution in [0.4, 0.5) is 0 Å². The number of carbonyl (C=O) groups is 1. The molecule has 0 fully saturated rings. The number of hydrogen-bond acceptors (Lipinski definition) is 4. The van der Waals surface area contributed by atoms with Gasteiger partial charge in [-0.1, -0.05) is 71.9 Å². The first-order chi connectivity index (χ1) is 18.6. The second-order valence-electron chi connectivity index (χ2n) is 10.7. The van der Waals surface area contributed by atoms with Crippen molar-refractivity contribution >= 4 is 27.3 Å². The SMILES string of the molecule is CCC(C)(CC)C(=O)/C=C(\O)C(C)(CC)CC.Cc1cnc(Oc2[c-]cccc2)c2ccc3ccccc3c12.[Ir]. The fraction of sp³-hybridized carbons (Fsp3) is 0.371. The Balaban J connectivity index is 0.000000285. The van der Waals surface area contributed by atoms with E-state index < -0.39 is 0 Å². The summed E-state index contributed by atoms with van der Waals surface area (Å²) in [5, 5.41) is 14.8. The number of ether oxygens (including phenoxy) is 1. The fourth-order valence-corrected chi connectivity index (χ4v) is 4.47. The number of nitrogens with zero attached hydrogens (tertiary/aromatic N) is 1. The minimum absolute atomic E-state index is 0. The van der Waals surface area contributed by atoms with Gasteiger partial charge in [-0.25, -0.2) is 4.98 Å². The number of aliphatic hydroxyl groups is 1. The van der Waals surface area contributed by atoms with E-state index in [1.165, 1.54) is 22.2 Å². The maximum atomic E-state index is 12.2. The number of carbonyl (C=O) groups excluding carboxylic acids is 1. The number of aliphatic hydroxyl groups excluding tert-OH is 1. The number of para-hydroxylation sites is 1. The van der Waals surface area contributed by atoms with Gasteiger partial charge in [-0.05, 0) is 60.4 Å². The van der Waals surface area contributed by atoms with E-state index in [-0.39, 0.29) is 42.5 Å². The Kier molecular flexibility index (Phi) is 12.1. The number of pyridine rings is 1. The van der Waals surface area contributed by atoms with Crippen molar-refractivity contribution in [2.75, 3.05) is 0 Å². The van der Waals surface area contributed by atoms with Gasteiger partial charge in [0.1, 0.15) is 5.76 Å². The predicted octanol–water partition coefficient (Wildman–Crippen LogP) is 9.94. The van der Waals surface area contributed by atoms with Gasteiger partial charge < -0.3 is 9.84 Å². The van der Waals surface area contributed by atoms with Crippen molar-refractivity contribution in [3.8, 4) is 11.6 Å². The smallest absolute Gasteiger partial charge is 0.224 e. The van der Waals surface area contributed by atoms with E-state index in [0.717, 1.165) is 36.6 Å². The molecular formula is C35H42IrNO3-. The molecule has 0 amide bonds. The van der Waals surface area contributed by atoms with Gasteiger partial charge >= 0.3 is 0 Å². The van der Waals surface area contributed by atoms with Crippen LogP contribution in [0.15, 0.2) is 78.7 Å². The molecule has 1 heterocycles. The molecule has 40 heavy (non-hydrogen) atoms. The molecule has 0 saturated carbocycles. The number of benzene rings is 3. The molecular weight excluding hydrogens is 675 g/mol. The summed E-state index contributed by atoms with van der Waals surface area (Å²) in [5.41, 5.74) is 0.546. The summed E-state index contributed by atoms with van der Waals surface area (Å²) < 4.78 is 5.93. The van der Waals surface area contributed by atoms with Gasteiger partial charge in [0.15, 0.2) is 5.78 Å². The van der Waals surface area contributed by atoms with E-state index in [4.69, 9.17) is 4.74 Å². The van der Waals surface area contributed by atoms with E-state index in [0.29, 0.717) is 11.6 Å². The predicted molar refractivity (Wildman–Crippen MR) is 162 cm³/mol. The molecule has 0 aliphatic heterocycles. The molecule has 0 aliphatic rings. The molecule has 215 valence electrons. The third-order valence-electron chi connectivity index (χ3n) is 8.42. The molecule has 4 aromatic rings. The maximum Gasteiger partial charge on any atom is 0.224 e. The summed E-state index contributed by atoms with van der Waals surface area (Å²) in [4.78, 5) is 16.6. The molecule has 5 heteroatoms. The van der Waals surface area contributed by atoms with E-state index in [2.05, 4.69) is 54.4 Å². The quantitative estimate of drug-likeness (QED) is 0.0811. The largest absolute Gasteiger partial charge is 0.512 e. The summed E-state index contributed by atoms with van der Waals surface area (Å²) in [7, 11) is 0. The summed E-state index contributed by atoms with van der Waals surface area (Å²) in [6.45, 7) is 14.2. The van der Waals surface area contributed by atoms with E-state index in [9.17, 15) is 9.90 Å². The average Bonchev–Trinajstić information content (AvgIpc) is 2.98. The van der Waals surface area contributed by atoms with Crippen molar-refractivity contribution in [3.05, 3.63) is 90.3 Å². The summed E-state index contributed by atoms with van der Waals surface area (Å²) in [6, 6.07) is 23.2. The Morgan fingerprint density at radius 1 is 0.900 bits per heavy atom. The Morgan fingerprint density at radius 2 is 1.52 bits per heavy atom. The summed E-state index contributed by atoms with van der Waals surface area (Å²) >= 11 is 0. The standard InChI is InChI=1S/C20H14NO.C15H28O2.Ir/c1-14-13-21-20(22-16-8-3-2-4-9-16)18-12-11-15-7-5-6-10-17(15)19(14)18;1-7-14(5,8-2)12(16)11-13(17)15(6,9-3)10-4;/h2-8,10-13H,1H3;11,16H,7-10H2,1-6H3;/q-1;;/b;12-11-;. The number of rotatable bonds is 9. The number of aromatic nitrogens is 1. The number of fused-ring (bicyclic) bond motifs is 3. The van der Waals surface area contributed by atoms with Gasteiger partial charge in [-0.15, -0.1) is 12.1 Å². The van der Waals surface area contributed by atoms with Crippen molar-refractivity contribution in [1.82, 2.24) is 4.98 Å². The van der Waals surface area contributed by atoms with E-state index >= 15 is 0 Å². The van der Waals surface area contributed by atoms with Crippen LogP contribution in [0.25, 0.3) is 21.5 Å². The molecule has 1 radical (unpaired) electrons. The van der Waals surface area contributed by atoms with Crippen molar-refractivity contribution in [3.63, 3.8) is 0 Å². The Hall–Kier alpha value is -3.01. The first kappa shape index (κ1) is 33.2. The third kappa shape index (κ3) is 7.38. The normalized spacial score (nSPS) is 11.9. The number of allylic oxidation sites excluding steroid dienone is 2. The van der Waals surface area contributed by atoms with Crippen LogP contribution in [-0.2, 0) is 24.9 Å². The van der Waals surface area contributed by atoms with Gasteiger partial charge in [0, 0.05) is 54.3 Å². The van der Waals surface area contributed by atoms with Gasteiger partial charge in [0.2, 0.25) is 5.88 Å². The zero-order chi connectivity index (χ0) is 28.6. The molecule has 3 aromatic carbocycles. The molecule has 4 nitrogen and oxygen atoms in total. The van der Waals surface area contributed by atoms with Crippen molar-refractivity contribution in [2.45, 2.75) is 74.1 Å². The van der Waals surface area contributed by atoms with Crippen LogP contribution in [0, 0.1) is 23.8 Å². The molecule has 0 aliphatic carbocycles. The van der Waals surface area contributed by atoms with E-state index in [1.807, 2.05) is 72.0 Å². The molecule has 0 unspecified atom stereocenters. The summed E-state index contributed by atoms with van der Waals surface area (Å²) in [5.74, 6) is 1.58. The van der Waals surface area contributed by atoms with Crippen molar-refractivity contribution in [1.29, 1.82) is 0 Å². The monoisotopic (exact) mass is 717 g/mol. The van der Waals surface area contributed by atoms with Gasteiger partial charge in [-0.2, -0.15) is 18.2 Å². The van der Waals surface area contributed by atoms with Crippen molar-refractivity contribution < 1.29 is 34.7 Å². The van der Waals surface area contributed by atoms with Gasteiger partial charge in [0.25, 0.3) is 0 Å². The Labute approximate surface area is 253 Å². The minimum atomic E-state index is -0.337. The zero-order valence-corrected chi connectivity index (χ0v) is 27.2. The van der Waals surface area contributed by atoms with E-state index in [1.54, 1.807) is 0 Å². The number of hydrogen-bond donors (Lipinski definition) is 1. The minimum Gasteiger partial charge on any atom is -0.512 e. The second kappa shape index (κ2) is 14.6. The second-order valence-corrected chi connectivity index (χ2v) is 10.7. The van der Waals surface area contributed by atoms with Crippen LogP contribution in [0.3, 0.4) is 0 Å². The van der Waals surface area contributed by atoms with Crippen LogP contribution >= 0.6 is 0 Å². The molecule has 1 N–H and O–H groups in total. The average molecular weight is 717 g/mol. The van der Waals surface area contributed by atoms with Crippen LogP contribution in [0.5, 0.6) is 11.6 Å². The van der Waals surface area contributed by atoms with Crippen LogP contribution in [-0.4, -0.2) is 15.9 Å². The molecule has 0 bridgehead atoms. The van der Waals surface area contributed by atoms with Gasteiger partial charge in [0.05, 0.1) is 0 Å². The van der Waals surface area contributed by atoms with Crippen LogP contribution in [0.1, 0.15) is 72.8 Å². The Bertz CT molecular complexity index is 1440. The fourth-order valence-electron chi connectivity index (χ4n) is 4.47. The molecule has 1 aromatic heterocycles. The first-order valence-corrected chi connectivity index (χ1v) is 14.0. The van der Waals surface area contributed by atoms with Crippen LogP contribution < -0.4 is 4.74 Å². The zero-order valence-electron chi connectivity index (χ0n) is 24.8. The number of ketones is 1. The number of aryl methyl sites for hydroxylation is 1. The third-order valence-corrected chi connectivity index (χ3v) is 8.42. The van der Waals surface area contributed by atoms with Crippen molar-refractivity contribution in [2.24, 2.45) is 10.8 Å². The molecule has 0 saturated heterocycles. The maximum absolute atomic E-state index is 12.2. The molecule has 0 atom stereocenters. The molecule has 4 rings (SSSR count).